The Morgan fingerprint density at radius 3 is 3.00 bits per heavy atom. The number of fused-ring (bicyclic) bond motifs is 3. The van der Waals surface area contributed by atoms with Gasteiger partial charge in [-0.05, 0) is 37.3 Å². The number of nitrogens with zero attached hydrogens (tertiary/aromatic N) is 1. The number of aliphatic imine (C=N–C) groups is 1. The summed E-state index contributed by atoms with van der Waals surface area (Å²) in [6.45, 7) is 3.96. The molecule has 1 aliphatic heterocycles. The lowest BCUT2D eigenvalue weighted by Crippen LogP contribution is -2.31. The Morgan fingerprint density at radius 1 is 1.24 bits per heavy atom. The summed E-state index contributed by atoms with van der Waals surface area (Å²) in [6.07, 6.45) is 9.50. The minimum absolute atomic E-state index is 0.189. The molecule has 1 unspecified atom stereocenters. The van der Waals surface area contributed by atoms with Gasteiger partial charge in [0.1, 0.15) is 0 Å². The van der Waals surface area contributed by atoms with Crippen LogP contribution in [0.2, 0.25) is 0 Å². The van der Waals surface area contributed by atoms with Crippen LogP contribution < -0.4 is 0 Å². The molecule has 0 saturated heterocycles. The Labute approximate surface area is 103 Å². The highest BCUT2D eigenvalue weighted by molar-refractivity contribution is 6.02. The second-order valence-corrected chi connectivity index (χ2v) is 5.21. The van der Waals surface area contributed by atoms with Crippen molar-refractivity contribution in [3.05, 3.63) is 42.5 Å². The maximum atomic E-state index is 4.89. The van der Waals surface area contributed by atoms with Crippen LogP contribution in [-0.4, -0.2) is 5.71 Å². The highest BCUT2D eigenvalue weighted by Gasteiger charge is 2.42. The predicted molar refractivity (Wildman–Crippen MR) is 73.1 cm³/mol. The molecule has 1 saturated carbocycles. The fourth-order valence-electron chi connectivity index (χ4n) is 3.43. The van der Waals surface area contributed by atoms with Crippen molar-refractivity contribution in [2.45, 2.75) is 43.9 Å². The largest absolute Gasteiger partial charge is 0.257 e. The Balaban J connectivity index is 2.14. The van der Waals surface area contributed by atoms with Crippen LogP contribution in [0.4, 0.5) is 5.69 Å². The van der Waals surface area contributed by atoms with Gasteiger partial charge in [0.15, 0.2) is 0 Å². The molecule has 1 atom stereocenters. The van der Waals surface area contributed by atoms with Crippen LogP contribution >= 0.6 is 0 Å². The normalized spacial score (nSPS) is 26.7. The van der Waals surface area contributed by atoms with Gasteiger partial charge in [-0.1, -0.05) is 37.1 Å². The van der Waals surface area contributed by atoms with E-state index in [0.29, 0.717) is 0 Å². The average molecular weight is 225 g/mol. The fourth-order valence-corrected chi connectivity index (χ4v) is 3.43. The molecular formula is C16H19N. The van der Waals surface area contributed by atoms with Crippen LogP contribution in [0.1, 0.15) is 44.1 Å². The second-order valence-electron chi connectivity index (χ2n) is 5.21. The summed E-state index contributed by atoms with van der Waals surface area (Å²) < 4.78 is 0. The lowest BCUT2D eigenvalue weighted by atomic mass is 9.72. The van der Waals surface area contributed by atoms with Crippen LogP contribution in [-0.2, 0) is 5.41 Å². The zero-order chi connectivity index (χ0) is 11.7. The zero-order valence-corrected chi connectivity index (χ0v) is 10.3. The minimum Gasteiger partial charge on any atom is -0.257 e. The molecule has 2 aliphatic rings. The number of hydrogen-bond donors (Lipinski definition) is 0. The summed E-state index contributed by atoms with van der Waals surface area (Å²) in [5.41, 5.74) is 4.24. The van der Waals surface area contributed by atoms with Gasteiger partial charge in [-0.15, -0.1) is 6.58 Å². The maximum absolute atomic E-state index is 4.89. The summed E-state index contributed by atoms with van der Waals surface area (Å²) in [5, 5.41) is 0. The van der Waals surface area contributed by atoms with Gasteiger partial charge in [0.25, 0.3) is 0 Å². The molecule has 0 bridgehead atoms. The topological polar surface area (TPSA) is 12.4 Å². The molecule has 0 amide bonds. The van der Waals surface area contributed by atoms with Crippen molar-refractivity contribution < 1.29 is 0 Å². The summed E-state index contributed by atoms with van der Waals surface area (Å²) in [6, 6.07) is 8.66. The van der Waals surface area contributed by atoms with E-state index in [9.17, 15) is 0 Å². The Hall–Kier alpha value is -1.37. The van der Waals surface area contributed by atoms with E-state index < -0.39 is 0 Å². The number of rotatable bonds is 2. The summed E-state index contributed by atoms with van der Waals surface area (Å²) in [5.74, 6) is 0. The standard InChI is InChI=1S/C16H19N/c1-2-11-16-12-7-3-4-10-15(16)17-14-9-6-5-8-13(14)16/h2,5-6,8-9H,1,3-4,7,10-12H2. The molecule has 1 heteroatoms. The van der Waals surface area contributed by atoms with Gasteiger partial charge in [-0.3, -0.25) is 4.99 Å². The van der Waals surface area contributed by atoms with Crippen molar-refractivity contribution >= 4 is 11.4 Å². The molecule has 0 spiro atoms. The predicted octanol–water partition coefficient (Wildman–Crippen LogP) is 4.55. The molecule has 1 aliphatic carbocycles. The Morgan fingerprint density at radius 2 is 2.12 bits per heavy atom. The van der Waals surface area contributed by atoms with E-state index >= 15 is 0 Å². The van der Waals surface area contributed by atoms with Crippen LogP contribution in [0.5, 0.6) is 0 Å². The van der Waals surface area contributed by atoms with E-state index in [2.05, 4.69) is 36.9 Å². The lowest BCUT2D eigenvalue weighted by Gasteiger charge is -2.29. The van der Waals surface area contributed by atoms with Gasteiger partial charge in [-0.2, -0.15) is 0 Å². The first kappa shape index (κ1) is 10.8. The summed E-state index contributed by atoms with van der Waals surface area (Å²) in [7, 11) is 0. The van der Waals surface area contributed by atoms with Crippen molar-refractivity contribution in [1.82, 2.24) is 0 Å². The first-order chi connectivity index (χ1) is 8.37. The zero-order valence-electron chi connectivity index (χ0n) is 10.3. The third-order valence-electron chi connectivity index (χ3n) is 4.24. The van der Waals surface area contributed by atoms with E-state index in [4.69, 9.17) is 4.99 Å². The van der Waals surface area contributed by atoms with Gasteiger partial charge in [-0.25, -0.2) is 0 Å². The maximum Gasteiger partial charge on any atom is 0.0671 e. The molecule has 1 aromatic carbocycles. The molecule has 3 rings (SSSR count). The molecule has 1 heterocycles. The van der Waals surface area contributed by atoms with Crippen molar-refractivity contribution in [2.75, 3.05) is 0 Å². The quantitative estimate of drug-likeness (QED) is 0.655. The third-order valence-corrected chi connectivity index (χ3v) is 4.24. The molecule has 0 radical (unpaired) electrons. The smallest absolute Gasteiger partial charge is 0.0671 e. The molecule has 0 aromatic heterocycles. The van der Waals surface area contributed by atoms with E-state index in [-0.39, 0.29) is 5.41 Å². The molecule has 0 N–H and O–H groups in total. The van der Waals surface area contributed by atoms with E-state index in [1.54, 1.807) is 0 Å². The van der Waals surface area contributed by atoms with Gasteiger partial charge in [0.05, 0.1) is 5.69 Å². The summed E-state index contributed by atoms with van der Waals surface area (Å²) in [4.78, 5) is 4.89. The van der Waals surface area contributed by atoms with Crippen LogP contribution in [0.15, 0.2) is 41.9 Å². The molecular weight excluding hydrogens is 206 g/mol. The fraction of sp³-hybridized carbons (Fsp3) is 0.438. The number of allylic oxidation sites excluding steroid dienone is 1. The molecule has 17 heavy (non-hydrogen) atoms. The molecule has 88 valence electrons. The Kier molecular flexibility index (Phi) is 2.62. The van der Waals surface area contributed by atoms with Crippen LogP contribution in [0, 0.1) is 0 Å². The minimum atomic E-state index is 0.189. The highest BCUT2D eigenvalue weighted by Crippen LogP contribution is 2.48. The first-order valence-electron chi connectivity index (χ1n) is 6.65. The highest BCUT2D eigenvalue weighted by atomic mass is 14.8. The van der Waals surface area contributed by atoms with Crippen molar-refractivity contribution in [2.24, 2.45) is 4.99 Å². The molecule has 1 fully saturated rings. The van der Waals surface area contributed by atoms with E-state index in [1.165, 1.54) is 49.1 Å². The van der Waals surface area contributed by atoms with Gasteiger partial charge < -0.3 is 0 Å². The van der Waals surface area contributed by atoms with E-state index in [0.717, 1.165) is 6.42 Å². The SMILES string of the molecule is C=CCC12CCCCCC1=Nc1ccccc12. The van der Waals surface area contributed by atoms with Crippen molar-refractivity contribution in [3.8, 4) is 0 Å². The summed E-state index contributed by atoms with van der Waals surface area (Å²) >= 11 is 0. The lowest BCUT2D eigenvalue weighted by molar-refractivity contribution is 0.521. The van der Waals surface area contributed by atoms with Crippen LogP contribution in [0.25, 0.3) is 0 Å². The second kappa shape index (κ2) is 4.14. The number of hydrogen-bond acceptors (Lipinski definition) is 1. The number of benzene rings is 1. The van der Waals surface area contributed by atoms with Gasteiger partial charge in [0.2, 0.25) is 0 Å². The average Bonchev–Trinajstić information content (AvgIpc) is 2.52. The van der Waals surface area contributed by atoms with Gasteiger partial charge >= 0.3 is 0 Å². The third kappa shape index (κ3) is 1.56. The molecule has 1 nitrogen and oxygen atoms in total. The number of para-hydroxylation sites is 1. The Bertz CT molecular complexity index is 472. The van der Waals surface area contributed by atoms with Crippen molar-refractivity contribution in [1.29, 1.82) is 0 Å². The first-order valence-corrected chi connectivity index (χ1v) is 6.65. The molecule has 1 aromatic rings. The van der Waals surface area contributed by atoms with Crippen LogP contribution in [0.3, 0.4) is 0 Å². The van der Waals surface area contributed by atoms with E-state index in [1.807, 2.05) is 0 Å². The van der Waals surface area contributed by atoms with Gasteiger partial charge in [0, 0.05) is 11.1 Å². The van der Waals surface area contributed by atoms with Crippen molar-refractivity contribution in [3.63, 3.8) is 0 Å². The monoisotopic (exact) mass is 225 g/mol.